The molecule has 3 aromatic rings. The normalized spacial score (nSPS) is 10.4. The van der Waals surface area contributed by atoms with Crippen molar-refractivity contribution in [2.75, 3.05) is 23.0 Å². The minimum atomic E-state index is -0.325. The van der Waals surface area contributed by atoms with Gasteiger partial charge in [-0.1, -0.05) is 47.4 Å². The van der Waals surface area contributed by atoms with Crippen LogP contribution < -0.4 is 15.4 Å². The zero-order valence-electron chi connectivity index (χ0n) is 16.0. The lowest BCUT2D eigenvalue weighted by atomic mass is 10.1. The molecule has 2 N–H and O–H groups in total. The molecule has 150 valence electrons. The first-order chi connectivity index (χ1) is 14.0. The number of nitrogens with one attached hydrogen (secondary N) is 2. The molecule has 0 atom stereocenters. The van der Waals surface area contributed by atoms with E-state index in [1.165, 1.54) is 23.1 Å². The monoisotopic (exact) mass is 428 g/mol. The fraction of sp³-hybridized carbons (Fsp3) is 0.200. The molecule has 0 bridgehead atoms. The van der Waals surface area contributed by atoms with Crippen molar-refractivity contribution in [3.63, 3.8) is 0 Å². The highest BCUT2D eigenvalue weighted by atomic mass is 32.2. The number of para-hydroxylation sites is 1. The number of thioether (sulfide) groups is 1. The summed E-state index contributed by atoms with van der Waals surface area (Å²) in [6, 6.07) is 15.0. The van der Waals surface area contributed by atoms with Crippen LogP contribution in [0.5, 0.6) is 5.75 Å². The molecule has 2 aromatic carbocycles. The number of aromatic nitrogens is 2. The van der Waals surface area contributed by atoms with E-state index < -0.39 is 0 Å². The minimum Gasteiger partial charge on any atom is -0.484 e. The maximum absolute atomic E-state index is 12.2. The van der Waals surface area contributed by atoms with Crippen molar-refractivity contribution in [2.45, 2.75) is 18.2 Å². The highest BCUT2D eigenvalue weighted by molar-refractivity contribution is 8.01. The van der Waals surface area contributed by atoms with Gasteiger partial charge in [-0.2, -0.15) is 0 Å². The summed E-state index contributed by atoms with van der Waals surface area (Å²) in [5.74, 6) is 0.365. The average molecular weight is 429 g/mol. The second-order valence-electron chi connectivity index (χ2n) is 6.24. The molecule has 0 radical (unpaired) electrons. The Morgan fingerprint density at radius 1 is 1.00 bits per heavy atom. The molecular weight excluding hydrogens is 408 g/mol. The summed E-state index contributed by atoms with van der Waals surface area (Å²) in [6.07, 6.45) is 0. The number of rotatable bonds is 8. The first-order valence-corrected chi connectivity index (χ1v) is 10.6. The van der Waals surface area contributed by atoms with Gasteiger partial charge in [0, 0.05) is 5.69 Å². The van der Waals surface area contributed by atoms with E-state index in [1.807, 2.05) is 50.2 Å². The molecule has 1 aromatic heterocycles. The Balaban J connectivity index is 1.43. The lowest BCUT2D eigenvalue weighted by Crippen LogP contribution is -2.20. The van der Waals surface area contributed by atoms with E-state index >= 15 is 0 Å². The van der Waals surface area contributed by atoms with E-state index in [1.54, 1.807) is 12.1 Å². The lowest BCUT2D eigenvalue weighted by Gasteiger charge is -2.06. The zero-order valence-corrected chi connectivity index (χ0v) is 17.6. The van der Waals surface area contributed by atoms with E-state index in [0.29, 0.717) is 15.2 Å². The van der Waals surface area contributed by atoms with Gasteiger partial charge in [-0.3, -0.25) is 14.9 Å². The molecule has 3 rings (SSSR count). The number of nitrogens with zero attached hydrogens (tertiary/aromatic N) is 2. The standard InChI is InChI=1S/C20H20N4O3S2/c1-13-8-14(2)10-15(9-13)21-18(26)12-28-20-24-23-19(29-20)22-17(25)11-27-16-6-4-3-5-7-16/h3-10H,11-12H2,1-2H3,(H,21,26)(H,22,23,25). The van der Waals surface area contributed by atoms with E-state index in [9.17, 15) is 9.59 Å². The minimum absolute atomic E-state index is 0.121. The molecule has 0 aliphatic rings. The Morgan fingerprint density at radius 2 is 1.72 bits per heavy atom. The van der Waals surface area contributed by atoms with E-state index in [-0.39, 0.29) is 24.2 Å². The largest absolute Gasteiger partial charge is 0.484 e. The number of benzene rings is 2. The van der Waals surface area contributed by atoms with Gasteiger partial charge in [-0.25, -0.2) is 0 Å². The quantitative estimate of drug-likeness (QED) is 0.417. The van der Waals surface area contributed by atoms with Gasteiger partial charge in [-0.15, -0.1) is 10.2 Å². The highest BCUT2D eigenvalue weighted by Gasteiger charge is 2.11. The van der Waals surface area contributed by atoms with Crippen molar-refractivity contribution >= 4 is 45.7 Å². The van der Waals surface area contributed by atoms with Crippen LogP contribution in [0.2, 0.25) is 0 Å². The number of hydrogen-bond acceptors (Lipinski definition) is 7. The molecule has 7 nitrogen and oxygen atoms in total. The van der Waals surface area contributed by atoms with Crippen molar-refractivity contribution < 1.29 is 14.3 Å². The van der Waals surface area contributed by atoms with Crippen molar-refractivity contribution in [2.24, 2.45) is 0 Å². The molecular formula is C20H20N4O3S2. The number of carbonyl (C=O) groups excluding carboxylic acids is 2. The first kappa shape index (κ1) is 20.8. The molecule has 0 fully saturated rings. The van der Waals surface area contributed by atoms with Crippen LogP contribution in [-0.2, 0) is 9.59 Å². The van der Waals surface area contributed by atoms with E-state index in [4.69, 9.17) is 4.74 Å². The number of amides is 2. The molecule has 1 heterocycles. The Labute approximate surface area is 176 Å². The molecule has 0 spiro atoms. The van der Waals surface area contributed by atoms with Gasteiger partial charge in [0.25, 0.3) is 5.91 Å². The molecule has 29 heavy (non-hydrogen) atoms. The van der Waals surface area contributed by atoms with Gasteiger partial charge in [0.15, 0.2) is 10.9 Å². The van der Waals surface area contributed by atoms with Crippen LogP contribution in [0, 0.1) is 13.8 Å². The maximum atomic E-state index is 12.2. The van der Waals surface area contributed by atoms with Crippen LogP contribution in [0.4, 0.5) is 10.8 Å². The molecule has 9 heteroatoms. The Kier molecular flexibility index (Phi) is 7.20. The predicted octanol–water partition coefficient (Wildman–Crippen LogP) is 3.90. The van der Waals surface area contributed by atoms with Crippen LogP contribution in [0.3, 0.4) is 0 Å². The summed E-state index contributed by atoms with van der Waals surface area (Å²) < 4.78 is 5.98. The van der Waals surface area contributed by atoms with Crippen LogP contribution in [0.15, 0.2) is 52.9 Å². The molecule has 0 aliphatic heterocycles. The molecule has 2 amide bonds. The highest BCUT2D eigenvalue weighted by Crippen LogP contribution is 2.25. The fourth-order valence-electron chi connectivity index (χ4n) is 2.51. The van der Waals surface area contributed by atoms with Gasteiger partial charge in [0.2, 0.25) is 11.0 Å². The lowest BCUT2D eigenvalue weighted by molar-refractivity contribution is -0.118. The predicted molar refractivity (Wildman–Crippen MR) is 116 cm³/mol. The van der Waals surface area contributed by atoms with Crippen molar-refractivity contribution in [3.8, 4) is 5.75 Å². The summed E-state index contributed by atoms with van der Waals surface area (Å²) in [6.45, 7) is 3.85. The molecule has 0 aliphatic carbocycles. The maximum Gasteiger partial charge on any atom is 0.264 e. The van der Waals surface area contributed by atoms with Crippen LogP contribution >= 0.6 is 23.1 Å². The molecule has 0 saturated carbocycles. The number of hydrogen-bond donors (Lipinski definition) is 2. The average Bonchev–Trinajstić information content (AvgIpc) is 3.12. The van der Waals surface area contributed by atoms with Crippen molar-refractivity contribution in [1.29, 1.82) is 0 Å². The van der Waals surface area contributed by atoms with Crippen LogP contribution in [-0.4, -0.2) is 34.4 Å². The van der Waals surface area contributed by atoms with Gasteiger partial charge < -0.3 is 10.1 Å². The van der Waals surface area contributed by atoms with E-state index in [2.05, 4.69) is 20.8 Å². The third kappa shape index (κ3) is 6.88. The smallest absolute Gasteiger partial charge is 0.264 e. The van der Waals surface area contributed by atoms with Gasteiger partial charge in [0.05, 0.1) is 5.75 Å². The van der Waals surface area contributed by atoms with Crippen LogP contribution in [0.25, 0.3) is 0 Å². The SMILES string of the molecule is Cc1cc(C)cc(NC(=O)CSc2nnc(NC(=O)COc3ccccc3)s2)c1. The Bertz CT molecular complexity index is 972. The summed E-state index contributed by atoms with van der Waals surface area (Å²) in [5.41, 5.74) is 2.96. The number of anilines is 2. The number of aryl methyl sites for hydroxylation is 2. The summed E-state index contributed by atoms with van der Waals surface area (Å²) >= 11 is 2.47. The number of ether oxygens (including phenoxy) is 1. The Hall–Kier alpha value is -2.91. The van der Waals surface area contributed by atoms with Gasteiger partial charge in [0.1, 0.15) is 5.75 Å². The van der Waals surface area contributed by atoms with Gasteiger partial charge in [-0.05, 0) is 49.2 Å². The molecule has 0 unspecified atom stereocenters. The fourth-order valence-corrected chi connectivity index (χ4v) is 4.08. The number of carbonyl (C=O) groups is 2. The third-order valence-electron chi connectivity index (χ3n) is 3.60. The molecule has 0 saturated heterocycles. The third-order valence-corrected chi connectivity index (χ3v) is 5.57. The first-order valence-electron chi connectivity index (χ1n) is 8.80. The second kappa shape index (κ2) is 10.0. The van der Waals surface area contributed by atoms with Gasteiger partial charge >= 0.3 is 0 Å². The van der Waals surface area contributed by atoms with Crippen molar-refractivity contribution in [1.82, 2.24) is 10.2 Å². The van der Waals surface area contributed by atoms with Crippen LogP contribution in [0.1, 0.15) is 11.1 Å². The van der Waals surface area contributed by atoms with E-state index in [0.717, 1.165) is 16.8 Å². The van der Waals surface area contributed by atoms with Crippen molar-refractivity contribution in [3.05, 3.63) is 59.7 Å². The second-order valence-corrected chi connectivity index (χ2v) is 8.44. The topological polar surface area (TPSA) is 93.2 Å². The Morgan fingerprint density at radius 3 is 2.45 bits per heavy atom. The summed E-state index contributed by atoms with van der Waals surface area (Å²) in [5, 5.41) is 13.8. The summed E-state index contributed by atoms with van der Waals surface area (Å²) in [4.78, 5) is 24.1. The summed E-state index contributed by atoms with van der Waals surface area (Å²) in [7, 11) is 0. The zero-order chi connectivity index (χ0) is 20.6.